The zero-order valence-electron chi connectivity index (χ0n) is 17.3. The highest BCUT2D eigenvalue weighted by Gasteiger charge is 2.55. The Morgan fingerprint density at radius 2 is 1.93 bits per heavy atom. The maximum Gasteiger partial charge on any atom is 0.292 e. The SMILES string of the molecule is COc1ccc(C)cc1C(=O)c1ccc2c(c1)C1(OCCCO1)C(=O)N2CC1CC1. The second-order valence-electron chi connectivity index (χ2n) is 8.29. The van der Waals surface area contributed by atoms with Gasteiger partial charge in [0, 0.05) is 17.7 Å². The molecule has 6 heteroatoms. The Balaban J connectivity index is 1.58. The van der Waals surface area contributed by atoms with Crippen LogP contribution >= 0.6 is 0 Å². The molecule has 2 aromatic rings. The number of nitrogens with zero attached hydrogens (tertiary/aromatic N) is 1. The highest BCUT2D eigenvalue weighted by molar-refractivity contribution is 6.13. The maximum absolute atomic E-state index is 13.4. The molecule has 0 aromatic heterocycles. The third-order valence-electron chi connectivity index (χ3n) is 6.07. The number of carbonyl (C=O) groups is 2. The van der Waals surface area contributed by atoms with Crippen molar-refractivity contribution in [2.45, 2.75) is 32.0 Å². The highest BCUT2D eigenvalue weighted by Crippen LogP contribution is 2.47. The summed E-state index contributed by atoms with van der Waals surface area (Å²) in [7, 11) is 1.55. The molecule has 0 bridgehead atoms. The van der Waals surface area contributed by atoms with E-state index in [0.717, 1.165) is 30.5 Å². The third-order valence-corrected chi connectivity index (χ3v) is 6.07. The summed E-state index contributed by atoms with van der Waals surface area (Å²) in [4.78, 5) is 28.5. The number of carbonyl (C=O) groups excluding carboxylic acids is 2. The standard InChI is InChI=1S/C24H25NO5/c1-15-4-9-21(28-2)18(12-15)22(26)17-7-8-20-19(13-17)24(29-10-3-11-30-24)23(27)25(20)14-16-5-6-16/h4,7-9,12-13,16H,3,5-6,10-11,14H2,1-2H3. The van der Waals surface area contributed by atoms with E-state index in [1.165, 1.54) is 0 Å². The van der Waals surface area contributed by atoms with Crippen molar-refractivity contribution in [3.63, 3.8) is 0 Å². The number of aryl methyl sites for hydroxylation is 1. The van der Waals surface area contributed by atoms with Crippen molar-refractivity contribution < 1.29 is 23.8 Å². The lowest BCUT2D eigenvalue weighted by Gasteiger charge is -2.32. The fourth-order valence-electron chi connectivity index (χ4n) is 4.28. The Bertz CT molecular complexity index is 1020. The number of amides is 1. The average molecular weight is 407 g/mol. The molecule has 3 aliphatic rings. The van der Waals surface area contributed by atoms with E-state index in [-0.39, 0.29) is 11.7 Å². The first-order chi connectivity index (χ1) is 14.5. The molecule has 156 valence electrons. The predicted octanol–water partition coefficient (Wildman–Crippen LogP) is 3.58. The van der Waals surface area contributed by atoms with E-state index in [1.54, 1.807) is 30.2 Å². The maximum atomic E-state index is 13.4. The van der Waals surface area contributed by atoms with Crippen LogP contribution in [0.4, 0.5) is 5.69 Å². The molecule has 1 saturated carbocycles. The minimum atomic E-state index is -1.44. The van der Waals surface area contributed by atoms with Gasteiger partial charge in [0.15, 0.2) is 5.78 Å². The second-order valence-corrected chi connectivity index (χ2v) is 8.29. The summed E-state index contributed by atoms with van der Waals surface area (Å²) in [5.41, 5.74) is 3.36. The molecule has 1 saturated heterocycles. The summed E-state index contributed by atoms with van der Waals surface area (Å²) < 4.78 is 17.3. The molecule has 2 fully saturated rings. The van der Waals surface area contributed by atoms with Crippen molar-refractivity contribution >= 4 is 17.4 Å². The summed E-state index contributed by atoms with van der Waals surface area (Å²) in [6.07, 6.45) is 3.02. The van der Waals surface area contributed by atoms with Crippen LogP contribution in [0, 0.1) is 12.8 Å². The van der Waals surface area contributed by atoms with E-state index >= 15 is 0 Å². The third kappa shape index (κ3) is 3.02. The topological polar surface area (TPSA) is 65.1 Å². The first-order valence-electron chi connectivity index (χ1n) is 10.5. The monoisotopic (exact) mass is 407 g/mol. The van der Waals surface area contributed by atoms with Crippen molar-refractivity contribution in [3.05, 3.63) is 58.7 Å². The number of anilines is 1. The Kier molecular flexibility index (Phi) is 4.64. The van der Waals surface area contributed by atoms with Gasteiger partial charge in [-0.2, -0.15) is 0 Å². The summed E-state index contributed by atoms with van der Waals surface area (Å²) in [5.74, 6) is -0.717. The number of hydrogen-bond acceptors (Lipinski definition) is 5. The number of benzene rings is 2. The fraction of sp³-hybridized carbons (Fsp3) is 0.417. The zero-order valence-corrected chi connectivity index (χ0v) is 17.3. The minimum Gasteiger partial charge on any atom is -0.496 e. The van der Waals surface area contributed by atoms with Crippen LogP contribution in [0.5, 0.6) is 5.75 Å². The van der Waals surface area contributed by atoms with Gasteiger partial charge in [-0.1, -0.05) is 11.6 Å². The van der Waals surface area contributed by atoms with Gasteiger partial charge < -0.3 is 19.1 Å². The molecule has 2 heterocycles. The van der Waals surface area contributed by atoms with Crippen molar-refractivity contribution in [3.8, 4) is 5.75 Å². The summed E-state index contributed by atoms with van der Waals surface area (Å²) in [5, 5.41) is 0. The van der Waals surface area contributed by atoms with Gasteiger partial charge in [-0.05, 0) is 62.4 Å². The molecule has 2 aromatic carbocycles. The van der Waals surface area contributed by atoms with Crippen LogP contribution in [0.25, 0.3) is 0 Å². The zero-order chi connectivity index (χ0) is 20.9. The van der Waals surface area contributed by atoms with Gasteiger partial charge in [-0.15, -0.1) is 0 Å². The van der Waals surface area contributed by atoms with Gasteiger partial charge in [-0.25, -0.2) is 0 Å². The summed E-state index contributed by atoms with van der Waals surface area (Å²) >= 11 is 0. The lowest BCUT2D eigenvalue weighted by atomic mass is 9.96. The first kappa shape index (κ1) is 19.3. The van der Waals surface area contributed by atoms with E-state index in [1.807, 2.05) is 25.1 Å². The predicted molar refractivity (Wildman–Crippen MR) is 111 cm³/mol. The van der Waals surface area contributed by atoms with Crippen LogP contribution in [0.2, 0.25) is 0 Å². The van der Waals surface area contributed by atoms with Crippen molar-refractivity contribution in [2.24, 2.45) is 5.92 Å². The molecule has 5 rings (SSSR count). The molecule has 0 unspecified atom stereocenters. The number of methoxy groups -OCH3 is 1. The van der Waals surface area contributed by atoms with Crippen LogP contribution in [0.1, 0.15) is 46.3 Å². The summed E-state index contributed by atoms with van der Waals surface area (Å²) in [6.45, 7) is 3.50. The van der Waals surface area contributed by atoms with E-state index in [4.69, 9.17) is 14.2 Å². The van der Waals surface area contributed by atoms with Crippen LogP contribution in [-0.2, 0) is 20.1 Å². The number of fused-ring (bicyclic) bond motifs is 2. The quantitative estimate of drug-likeness (QED) is 0.709. The largest absolute Gasteiger partial charge is 0.496 e. The van der Waals surface area contributed by atoms with Gasteiger partial charge in [0.2, 0.25) is 0 Å². The highest BCUT2D eigenvalue weighted by atomic mass is 16.7. The smallest absolute Gasteiger partial charge is 0.292 e. The van der Waals surface area contributed by atoms with Crippen LogP contribution in [-0.4, -0.2) is 38.6 Å². The van der Waals surface area contributed by atoms with Gasteiger partial charge in [0.1, 0.15) is 5.75 Å². The van der Waals surface area contributed by atoms with Gasteiger partial charge in [0.05, 0.1) is 31.6 Å². The minimum absolute atomic E-state index is 0.155. The fourth-order valence-corrected chi connectivity index (χ4v) is 4.28. The normalized spacial score (nSPS) is 19.8. The molecule has 0 N–H and O–H groups in total. The Labute approximate surface area is 175 Å². The Hall–Kier alpha value is -2.70. The molecular formula is C24H25NO5. The molecule has 2 aliphatic heterocycles. The molecule has 30 heavy (non-hydrogen) atoms. The molecular weight excluding hydrogens is 382 g/mol. The Morgan fingerprint density at radius 3 is 2.63 bits per heavy atom. The lowest BCUT2D eigenvalue weighted by Crippen LogP contribution is -2.47. The molecule has 0 radical (unpaired) electrons. The second kappa shape index (κ2) is 7.22. The van der Waals surface area contributed by atoms with Crippen molar-refractivity contribution in [1.82, 2.24) is 0 Å². The van der Waals surface area contributed by atoms with E-state index in [0.29, 0.717) is 48.1 Å². The van der Waals surface area contributed by atoms with E-state index < -0.39 is 5.79 Å². The lowest BCUT2D eigenvalue weighted by molar-refractivity contribution is -0.256. The number of ether oxygens (including phenoxy) is 3. The van der Waals surface area contributed by atoms with Crippen LogP contribution < -0.4 is 9.64 Å². The van der Waals surface area contributed by atoms with Crippen LogP contribution in [0.3, 0.4) is 0 Å². The van der Waals surface area contributed by atoms with Gasteiger partial charge >= 0.3 is 0 Å². The average Bonchev–Trinajstić information content (AvgIpc) is 3.57. The van der Waals surface area contributed by atoms with Crippen molar-refractivity contribution in [2.75, 3.05) is 31.8 Å². The van der Waals surface area contributed by atoms with Crippen molar-refractivity contribution in [1.29, 1.82) is 0 Å². The molecule has 0 atom stereocenters. The number of ketones is 1. The van der Waals surface area contributed by atoms with E-state index in [2.05, 4.69) is 0 Å². The van der Waals surface area contributed by atoms with Crippen LogP contribution in [0.15, 0.2) is 36.4 Å². The van der Waals surface area contributed by atoms with E-state index in [9.17, 15) is 9.59 Å². The Morgan fingerprint density at radius 1 is 1.17 bits per heavy atom. The van der Waals surface area contributed by atoms with Gasteiger partial charge in [0.25, 0.3) is 11.7 Å². The number of rotatable bonds is 5. The summed E-state index contributed by atoms with van der Waals surface area (Å²) in [6, 6.07) is 10.9. The molecule has 1 aliphatic carbocycles. The number of hydrogen-bond donors (Lipinski definition) is 0. The first-order valence-corrected chi connectivity index (χ1v) is 10.5. The molecule has 1 amide bonds. The molecule has 6 nitrogen and oxygen atoms in total. The van der Waals surface area contributed by atoms with Gasteiger partial charge in [-0.3, -0.25) is 9.59 Å². The molecule has 1 spiro atoms.